The maximum atomic E-state index is 12.0. The highest BCUT2D eigenvalue weighted by Gasteiger charge is 2.13. The van der Waals surface area contributed by atoms with Gasteiger partial charge in [-0.3, -0.25) is 9.59 Å². The zero-order valence-corrected chi connectivity index (χ0v) is 13.2. The highest BCUT2D eigenvalue weighted by molar-refractivity contribution is 7.12. The van der Waals surface area contributed by atoms with E-state index in [9.17, 15) is 9.59 Å². The van der Waals surface area contributed by atoms with Gasteiger partial charge in [-0.05, 0) is 43.5 Å². The molecule has 2 N–H and O–H groups in total. The second kappa shape index (κ2) is 6.74. The number of halogens is 1. The first-order valence-corrected chi connectivity index (χ1v) is 7.68. The molecular weight excluding hydrogens is 308 g/mol. The van der Waals surface area contributed by atoms with E-state index in [1.807, 2.05) is 19.2 Å². The molecule has 0 saturated carbocycles. The summed E-state index contributed by atoms with van der Waals surface area (Å²) >= 11 is 7.41. The van der Waals surface area contributed by atoms with Crippen LogP contribution in [-0.4, -0.2) is 17.9 Å². The first kappa shape index (κ1) is 15.5. The lowest BCUT2D eigenvalue weighted by Gasteiger charge is -2.11. The summed E-state index contributed by atoms with van der Waals surface area (Å²) in [6.45, 7) is 3.76. The van der Waals surface area contributed by atoms with Gasteiger partial charge < -0.3 is 10.6 Å². The third kappa shape index (κ3) is 4.06. The van der Waals surface area contributed by atoms with Crippen molar-refractivity contribution in [3.63, 3.8) is 0 Å². The smallest absolute Gasteiger partial charge is 0.265 e. The number of amides is 2. The number of hydrogen-bond acceptors (Lipinski definition) is 3. The quantitative estimate of drug-likeness (QED) is 0.899. The molecule has 0 saturated heterocycles. The van der Waals surface area contributed by atoms with Crippen LogP contribution in [-0.2, 0) is 0 Å². The average molecular weight is 323 g/mol. The number of benzene rings is 1. The largest absolute Gasteiger partial charge is 0.350 e. The fourth-order valence-electron chi connectivity index (χ4n) is 1.70. The third-order valence-corrected chi connectivity index (χ3v) is 3.84. The number of nitrogens with one attached hydrogen (secondary N) is 2. The molecule has 21 heavy (non-hydrogen) atoms. The Morgan fingerprint density at radius 2 is 1.95 bits per heavy atom. The molecule has 0 aliphatic carbocycles. The van der Waals surface area contributed by atoms with Crippen LogP contribution in [0.3, 0.4) is 0 Å². The van der Waals surface area contributed by atoms with Gasteiger partial charge in [-0.25, -0.2) is 0 Å². The molecule has 1 aromatic heterocycles. The molecule has 0 radical (unpaired) electrons. The Bertz CT molecular complexity index is 654. The number of carbonyl (C=O) groups excluding carboxylic acids is 2. The molecule has 0 spiro atoms. The molecular formula is C15H15ClN2O2S. The first-order chi connectivity index (χ1) is 9.97. The molecule has 1 heterocycles. The minimum atomic E-state index is -0.242. The first-order valence-electron chi connectivity index (χ1n) is 6.42. The van der Waals surface area contributed by atoms with E-state index in [0.29, 0.717) is 21.2 Å². The zero-order valence-electron chi connectivity index (χ0n) is 11.6. The van der Waals surface area contributed by atoms with E-state index >= 15 is 0 Å². The van der Waals surface area contributed by atoms with Crippen molar-refractivity contribution in [1.29, 1.82) is 0 Å². The molecule has 2 rings (SSSR count). The fraction of sp³-hybridized carbons (Fsp3) is 0.200. The van der Waals surface area contributed by atoms with Crippen LogP contribution in [0.2, 0.25) is 5.02 Å². The molecule has 6 heteroatoms. The molecule has 2 amide bonds. The molecule has 4 nitrogen and oxygen atoms in total. The third-order valence-electron chi connectivity index (χ3n) is 2.64. The fourth-order valence-corrected chi connectivity index (χ4v) is 2.48. The maximum absolute atomic E-state index is 12.0. The van der Waals surface area contributed by atoms with E-state index in [-0.39, 0.29) is 17.9 Å². The predicted molar refractivity (Wildman–Crippen MR) is 86.3 cm³/mol. The summed E-state index contributed by atoms with van der Waals surface area (Å²) < 4.78 is 0. The summed E-state index contributed by atoms with van der Waals surface area (Å²) in [7, 11) is 0. The van der Waals surface area contributed by atoms with Crippen LogP contribution in [0.5, 0.6) is 0 Å². The lowest BCUT2D eigenvalue weighted by Crippen LogP contribution is -2.30. The van der Waals surface area contributed by atoms with Gasteiger partial charge in [0.15, 0.2) is 0 Å². The summed E-state index contributed by atoms with van der Waals surface area (Å²) in [5.41, 5.74) is 0.876. The molecule has 0 atom stereocenters. The van der Waals surface area contributed by atoms with Crippen molar-refractivity contribution >= 4 is 40.4 Å². The van der Waals surface area contributed by atoms with Crippen molar-refractivity contribution in [1.82, 2.24) is 5.32 Å². The van der Waals surface area contributed by atoms with Crippen LogP contribution < -0.4 is 10.6 Å². The summed E-state index contributed by atoms with van der Waals surface area (Å²) in [6.07, 6.45) is 0. The van der Waals surface area contributed by atoms with E-state index in [1.54, 1.807) is 30.3 Å². The lowest BCUT2D eigenvalue weighted by molar-refractivity contribution is 0.0942. The van der Waals surface area contributed by atoms with Crippen molar-refractivity contribution in [3.05, 3.63) is 51.2 Å². The van der Waals surface area contributed by atoms with Gasteiger partial charge in [-0.1, -0.05) is 17.7 Å². The Hall–Kier alpha value is -1.85. The van der Waals surface area contributed by atoms with E-state index in [0.717, 1.165) is 0 Å². The number of hydrogen-bond donors (Lipinski definition) is 2. The molecule has 0 fully saturated rings. The number of thiophene rings is 1. The summed E-state index contributed by atoms with van der Waals surface area (Å²) in [4.78, 5) is 24.6. The van der Waals surface area contributed by atoms with Crippen molar-refractivity contribution in [2.45, 2.75) is 19.9 Å². The van der Waals surface area contributed by atoms with E-state index < -0.39 is 0 Å². The van der Waals surface area contributed by atoms with Gasteiger partial charge in [0, 0.05) is 11.6 Å². The monoisotopic (exact) mass is 322 g/mol. The average Bonchev–Trinajstić information content (AvgIpc) is 2.94. The summed E-state index contributed by atoms with van der Waals surface area (Å²) in [5, 5.41) is 7.73. The number of carbonyl (C=O) groups is 2. The standard InChI is InChI=1S/C15H15ClN2O2S/c1-9(2)17-14(19)10-5-6-11(16)12(8-10)18-15(20)13-4-3-7-21-13/h3-9H,1-2H3,(H,17,19)(H,18,20). The SMILES string of the molecule is CC(C)NC(=O)c1ccc(Cl)c(NC(=O)c2cccs2)c1. The van der Waals surface area contributed by atoms with E-state index in [4.69, 9.17) is 11.6 Å². The molecule has 0 unspecified atom stereocenters. The topological polar surface area (TPSA) is 58.2 Å². The number of anilines is 1. The lowest BCUT2D eigenvalue weighted by atomic mass is 10.1. The minimum Gasteiger partial charge on any atom is -0.350 e. The van der Waals surface area contributed by atoms with Crippen molar-refractivity contribution in [2.24, 2.45) is 0 Å². The van der Waals surface area contributed by atoms with Crippen molar-refractivity contribution in [3.8, 4) is 0 Å². The Kier molecular flexibility index (Phi) is 4.98. The molecule has 1 aromatic carbocycles. The molecule has 0 bridgehead atoms. The van der Waals surface area contributed by atoms with Gasteiger partial charge >= 0.3 is 0 Å². The van der Waals surface area contributed by atoms with Crippen molar-refractivity contribution in [2.75, 3.05) is 5.32 Å². The van der Waals surface area contributed by atoms with Gasteiger partial charge in [-0.2, -0.15) is 0 Å². The Balaban J connectivity index is 2.19. The maximum Gasteiger partial charge on any atom is 0.265 e. The van der Waals surface area contributed by atoms with Crippen LogP contribution in [0.1, 0.15) is 33.9 Å². The minimum absolute atomic E-state index is 0.0392. The van der Waals surface area contributed by atoms with Crippen molar-refractivity contribution < 1.29 is 9.59 Å². The predicted octanol–water partition coefficient (Wildman–Crippen LogP) is 3.79. The van der Waals surface area contributed by atoms with Crippen LogP contribution in [0.25, 0.3) is 0 Å². The Morgan fingerprint density at radius 3 is 2.57 bits per heavy atom. The highest BCUT2D eigenvalue weighted by atomic mass is 35.5. The normalized spacial score (nSPS) is 10.5. The highest BCUT2D eigenvalue weighted by Crippen LogP contribution is 2.24. The van der Waals surface area contributed by atoms with Gasteiger partial charge in [0.1, 0.15) is 0 Å². The van der Waals surface area contributed by atoms with Crippen LogP contribution in [0, 0.1) is 0 Å². The van der Waals surface area contributed by atoms with Gasteiger partial charge in [0.2, 0.25) is 0 Å². The second-order valence-corrected chi connectivity index (χ2v) is 6.11. The summed E-state index contributed by atoms with van der Waals surface area (Å²) in [5.74, 6) is -0.443. The van der Waals surface area contributed by atoms with E-state index in [2.05, 4.69) is 10.6 Å². The van der Waals surface area contributed by atoms with E-state index in [1.165, 1.54) is 11.3 Å². The Labute approximate surface area is 132 Å². The van der Waals surface area contributed by atoms with Crippen LogP contribution >= 0.6 is 22.9 Å². The van der Waals surface area contributed by atoms with Crippen LogP contribution in [0.15, 0.2) is 35.7 Å². The molecule has 0 aliphatic heterocycles. The zero-order chi connectivity index (χ0) is 15.4. The Morgan fingerprint density at radius 1 is 1.19 bits per heavy atom. The molecule has 2 aromatic rings. The second-order valence-electron chi connectivity index (χ2n) is 4.75. The number of rotatable bonds is 4. The molecule has 0 aliphatic rings. The van der Waals surface area contributed by atoms with Crippen LogP contribution in [0.4, 0.5) is 5.69 Å². The van der Waals surface area contributed by atoms with Gasteiger partial charge in [-0.15, -0.1) is 11.3 Å². The van der Waals surface area contributed by atoms with Gasteiger partial charge in [0.05, 0.1) is 15.6 Å². The molecule has 110 valence electrons. The summed E-state index contributed by atoms with van der Waals surface area (Å²) in [6, 6.07) is 8.36. The van der Waals surface area contributed by atoms with Gasteiger partial charge in [0.25, 0.3) is 11.8 Å².